The van der Waals surface area contributed by atoms with E-state index in [1.165, 1.54) is 44.3 Å². The van der Waals surface area contributed by atoms with Crippen LogP contribution in [0.25, 0.3) is 5.57 Å². The van der Waals surface area contributed by atoms with E-state index in [0.29, 0.717) is 22.8 Å². The van der Waals surface area contributed by atoms with Crippen LogP contribution < -0.4 is 4.74 Å². The first kappa shape index (κ1) is 18.6. The molecule has 138 valence electrons. The number of ether oxygens (including phenoxy) is 1. The molecule has 0 bridgehead atoms. The van der Waals surface area contributed by atoms with Crippen LogP contribution in [0.2, 0.25) is 0 Å². The van der Waals surface area contributed by atoms with Gasteiger partial charge in [0.25, 0.3) is 0 Å². The molecule has 26 heavy (non-hydrogen) atoms. The summed E-state index contributed by atoms with van der Waals surface area (Å²) in [5, 5.41) is 0. The van der Waals surface area contributed by atoms with Gasteiger partial charge in [-0.25, -0.2) is 4.39 Å². The average Bonchev–Trinajstić information content (AvgIpc) is 2.64. The Morgan fingerprint density at radius 1 is 1.19 bits per heavy atom. The van der Waals surface area contributed by atoms with Crippen molar-refractivity contribution in [2.24, 2.45) is 5.41 Å². The van der Waals surface area contributed by atoms with Crippen molar-refractivity contribution in [3.8, 4) is 5.75 Å². The molecule has 3 rings (SSSR count). The number of benzene rings is 1. The zero-order valence-electron chi connectivity index (χ0n) is 15.5. The van der Waals surface area contributed by atoms with Crippen LogP contribution in [0, 0.1) is 5.41 Å². The van der Waals surface area contributed by atoms with Gasteiger partial charge in [0.05, 0.1) is 6.10 Å². The summed E-state index contributed by atoms with van der Waals surface area (Å²) in [6, 6.07) is 7.38. The summed E-state index contributed by atoms with van der Waals surface area (Å²) < 4.78 is 20.6. The van der Waals surface area contributed by atoms with Crippen molar-refractivity contribution in [2.45, 2.75) is 58.0 Å². The third-order valence-corrected chi connectivity index (χ3v) is 6.01. The molecule has 0 aromatic heterocycles. The van der Waals surface area contributed by atoms with Crippen molar-refractivity contribution < 1.29 is 13.9 Å². The Morgan fingerprint density at radius 2 is 1.85 bits per heavy atom. The molecule has 0 N–H and O–H groups in total. The van der Waals surface area contributed by atoms with Crippen LogP contribution in [-0.4, -0.2) is 12.4 Å². The molecule has 0 radical (unpaired) electrons. The van der Waals surface area contributed by atoms with Crippen LogP contribution in [0.1, 0.15) is 57.4 Å². The minimum Gasteiger partial charge on any atom is -0.490 e. The monoisotopic (exact) mass is 354 g/mol. The second kappa shape index (κ2) is 8.03. The van der Waals surface area contributed by atoms with E-state index >= 15 is 0 Å². The highest BCUT2D eigenvalue weighted by atomic mass is 19.1. The fourth-order valence-corrected chi connectivity index (χ4v) is 4.14. The highest BCUT2D eigenvalue weighted by Gasteiger charge is 2.40. The Hall–Kier alpha value is -2.16. The van der Waals surface area contributed by atoms with E-state index in [9.17, 15) is 9.18 Å². The number of hydrogen-bond acceptors (Lipinski definition) is 2. The van der Waals surface area contributed by atoms with Crippen molar-refractivity contribution in [3.63, 3.8) is 0 Å². The first-order valence-electron chi connectivity index (χ1n) is 9.52. The van der Waals surface area contributed by atoms with Gasteiger partial charge < -0.3 is 4.74 Å². The molecular weight excluding hydrogens is 327 g/mol. The molecule has 2 aliphatic rings. The number of carbonyl (C=O) groups is 1. The van der Waals surface area contributed by atoms with Crippen molar-refractivity contribution in [2.75, 3.05) is 0 Å². The second-order valence-electron chi connectivity index (χ2n) is 7.49. The van der Waals surface area contributed by atoms with Gasteiger partial charge in [-0.3, -0.25) is 4.79 Å². The summed E-state index contributed by atoms with van der Waals surface area (Å²) in [4.78, 5) is 11.0. The summed E-state index contributed by atoms with van der Waals surface area (Å²) in [6.45, 7) is 5.32. The molecule has 3 heteroatoms. The van der Waals surface area contributed by atoms with Gasteiger partial charge in [-0.2, -0.15) is 0 Å². The molecule has 1 aromatic rings. The standard InChI is InChI=1S/C23H27FO2/c1-3-17(16-25)22(24)21(4-2)18-6-8-19(9-7-18)26-20-10-14-23(15-11-20)12-5-13-23/h3-4,6-9,16,20H,2,5,10-15H2,1H3/b17-3-,22-21-. The average molecular weight is 354 g/mol. The predicted octanol–water partition coefficient (Wildman–Crippen LogP) is 6.19. The Bertz CT molecular complexity index is 713. The SMILES string of the molecule is C=C/C(=C(F)\C(C=O)=C/C)c1ccc(OC2CCC3(CCC3)CC2)cc1. The fraction of sp³-hybridized carbons (Fsp3) is 0.435. The van der Waals surface area contributed by atoms with Gasteiger partial charge in [-0.05, 0) is 68.6 Å². The summed E-state index contributed by atoms with van der Waals surface area (Å²) in [5.41, 5.74) is 1.67. The number of aldehydes is 1. The Labute approximate surface area is 155 Å². The van der Waals surface area contributed by atoms with E-state index in [-0.39, 0.29) is 11.7 Å². The van der Waals surface area contributed by atoms with E-state index in [1.54, 1.807) is 6.92 Å². The number of carbonyl (C=O) groups excluding carboxylic acids is 1. The lowest BCUT2D eigenvalue weighted by Gasteiger charge is -2.46. The van der Waals surface area contributed by atoms with E-state index in [0.717, 1.165) is 18.6 Å². The van der Waals surface area contributed by atoms with Gasteiger partial charge in [0.2, 0.25) is 0 Å². The molecule has 0 amide bonds. The van der Waals surface area contributed by atoms with Crippen LogP contribution in [-0.2, 0) is 4.79 Å². The number of hydrogen-bond donors (Lipinski definition) is 0. The number of halogens is 1. The summed E-state index contributed by atoms with van der Waals surface area (Å²) in [7, 11) is 0. The summed E-state index contributed by atoms with van der Waals surface area (Å²) >= 11 is 0. The minimum absolute atomic E-state index is 0.0346. The maximum atomic E-state index is 14.5. The zero-order valence-corrected chi connectivity index (χ0v) is 15.5. The summed E-state index contributed by atoms with van der Waals surface area (Å²) in [6.07, 6.45) is 12.7. The third-order valence-electron chi connectivity index (χ3n) is 6.01. The molecule has 0 heterocycles. The van der Waals surface area contributed by atoms with E-state index in [4.69, 9.17) is 4.74 Å². The highest BCUT2D eigenvalue weighted by Crippen LogP contribution is 2.51. The van der Waals surface area contributed by atoms with Gasteiger partial charge in [0.1, 0.15) is 11.6 Å². The lowest BCUT2D eigenvalue weighted by molar-refractivity contribution is -0.104. The topological polar surface area (TPSA) is 26.3 Å². The van der Waals surface area contributed by atoms with Gasteiger partial charge >= 0.3 is 0 Å². The molecule has 2 saturated carbocycles. The maximum absolute atomic E-state index is 14.5. The molecule has 0 unspecified atom stereocenters. The van der Waals surface area contributed by atoms with Crippen LogP contribution in [0.5, 0.6) is 5.75 Å². The van der Waals surface area contributed by atoms with Gasteiger partial charge in [0.15, 0.2) is 6.29 Å². The predicted molar refractivity (Wildman–Crippen MR) is 104 cm³/mol. The van der Waals surface area contributed by atoms with Crippen molar-refractivity contribution >= 4 is 11.9 Å². The van der Waals surface area contributed by atoms with Crippen molar-refractivity contribution in [1.82, 2.24) is 0 Å². The Morgan fingerprint density at radius 3 is 2.31 bits per heavy atom. The quantitative estimate of drug-likeness (QED) is 0.346. The van der Waals surface area contributed by atoms with Crippen LogP contribution in [0.4, 0.5) is 4.39 Å². The third kappa shape index (κ3) is 3.82. The van der Waals surface area contributed by atoms with Crippen LogP contribution in [0.3, 0.4) is 0 Å². The number of rotatable bonds is 6. The molecule has 0 saturated heterocycles. The largest absolute Gasteiger partial charge is 0.490 e. The van der Waals surface area contributed by atoms with Crippen molar-refractivity contribution in [3.05, 3.63) is 60.0 Å². The minimum atomic E-state index is -0.552. The van der Waals surface area contributed by atoms with Crippen LogP contribution >= 0.6 is 0 Å². The van der Waals surface area contributed by atoms with Crippen LogP contribution in [0.15, 0.2) is 54.4 Å². The summed E-state index contributed by atoms with van der Waals surface area (Å²) in [5.74, 6) is 0.262. The molecule has 0 atom stereocenters. The van der Waals surface area contributed by atoms with E-state index in [1.807, 2.05) is 24.3 Å². The maximum Gasteiger partial charge on any atom is 0.152 e. The number of allylic oxidation sites excluding steroid dienone is 5. The normalized spacial score (nSPS) is 20.9. The van der Waals surface area contributed by atoms with Crippen molar-refractivity contribution in [1.29, 1.82) is 0 Å². The van der Waals surface area contributed by atoms with E-state index in [2.05, 4.69) is 6.58 Å². The second-order valence-corrected chi connectivity index (χ2v) is 7.49. The first-order chi connectivity index (χ1) is 12.6. The molecule has 1 aromatic carbocycles. The Balaban J connectivity index is 1.67. The van der Waals surface area contributed by atoms with E-state index < -0.39 is 5.83 Å². The molecule has 0 aliphatic heterocycles. The first-order valence-corrected chi connectivity index (χ1v) is 9.52. The molecule has 2 nitrogen and oxygen atoms in total. The van der Waals surface area contributed by atoms with Gasteiger partial charge in [0, 0.05) is 11.1 Å². The molecule has 2 aliphatic carbocycles. The molecular formula is C23H27FO2. The molecule has 2 fully saturated rings. The Kier molecular flexibility index (Phi) is 5.75. The lowest BCUT2D eigenvalue weighted by Crippen LogP contribution is -2.37. The van der Waals surface area contributed by atoms with Gasteiger partial charge in [-0.1, -0.05) is 37.3 Å². The fourth-order valence-electron chi connectivity index (χ4n) is 4.14. The smallest absolute Gasteiger partial charge is 0.152 e. The lowest BCUT2D eigenvalue weighted by atomic mass is 9.60. The van der Waals surface area contributed by atoms with Gasteiger partial charge in [-0.15, -0.1) is 0 Å². The zero-order chi connectivity index (χ0) is 18.6. The highest BCUT2D eigenvalue weighted by molar-refractivity contribution is 5.88. The molecule has 1 spiro atoms.